The number of benzene rings is 2. The van der Waals surface area contributed by atoms with Gasteiger partial charge in [-0.05, 0) is 48.4 Å². The van der Waals surface area contributed by atoms with Gasteiger partial charge in [0.2, 0.25) is 0 Å². The number of phenols is 4. The van der Waals surface area contributed by atoms with Crippen molar-refractivity contribution in [1.29, 1.82) is 0 Å². The topological polar surface area (TPSA) is 293 Å². The van der Waals surface area contributed by atoms with Gasteiger partial charge in [0.05, 0.1) is 16.1 Å². The van der Waals surface area contributed by atoms with Gasteiger partial charge in [0, 0.05) is 28.7 Å². The number of allylic oxidation sites excluding steroid dienone is 1. The van der Waals surface area contributed by atoms with Crippen LogP contribution in [0.25, 0.3) is 0 Å². The molecule has 0 aliphatic carbocycles. The summed E-state index contributed by atoms with van der Waals surface area (Å²) >= 11 is 3.52. The molecular formula is C33H31N9O11S4. The number of β-lactam (4-membered cyclic amide) rings is 1. The number of fused-ring (bicyclic) bond motifs is 2. The van der Waals surface area contributed by atoms with Crippen molar-refractivity contribution in [2.75, 3.05) is 23.1 Å². The van der Waals surface area contributed by atoms with E-state index in [1.165, 1.54) is 69.4 Å². The minimum atomic E-state index is -3.99. The Balaban J connectivity index is 1.02. The molecule has 3 aromatic rings. The van der Waals surface area contributed by atoms with Crippen LogP contribution in [-0.2, 0) is 35.7 Å². The second-order valence-electron chi connectivity index (χ2n) is 12.5. The molecule has 5 heterocycles. The molecule has 20 nitrogen and oxygen atoms in total. The van der Waals surface area contributed by atoms with Crippen molar-refractivity contribution in [2.24, 2.45) is 10.1 Å². The number of nitrogens with two attached hydrogens (primary N) is 1. The number of aromatic nitrogens is 1. The number of amides is 2. The van der Waals surface area contributed by atoms with Crippen molar-refractivity contribution < 1.29 is 53.2 Å². The first-order valence-corrected chi connectivity index (χ1v) is 21.0. The third kappa shape index (κ3) is 8.02. The highest BCUT2D eigenvalue weighted by Crippen LogP contribution is 2.42. The molecule has 24 heteroatoms. The first-order valence-electron chi connectivity index (χ1n) is 16.4. The van der Waals surface area contributed by atoms with E-state index in [0.717, 1.165) is 28.4 Å². The molecule has 0 spiro atoms. The number of phenolic OH excluding ortho intramolecular Hbond substituents is 4. The maximum absolute atomic E-state index is 13.5. The van der Waals surface area contributed by atoms with Crippen LogP contribution in [0.2, 0.25) is 0 Å². The number of carbonyl (C=O) groups excluding carboxylic acids is 2. The van der Waals surface area contributed by atoms with Crippen LogP contribution in [0.15, 0.2) is 91.2 Å². The second kappa shape index (κ2) is 15.5. The Morgan fingerprint density at radius 2 is 1.86 bits per heavy atom. The summed E-state index contributed by atoms with van der Waals surface area (Å²) in [7, 11) is -3.99. The van der Waals surface area contributed by atoms with Crippen molar-refractivity contribution >= 4 is 79.0 Å². The first kappa shape index (κ1) is 39.3. The minimum Gasteiger partial charge on any atom is -0.504 e. The number of carboxylic acid groups (broad SMARTS) is 1. The molecule has 57 heavy (non-hydrogen) atoms. The zero-order valence-corrected chi connectivity index (χ0v) is 32.5. The van der Waals surface area contributed by atoms with E-state index in [-0.39, 0.29) is 56.7 Å². The summed E-state index contributed by atoms with van der Waals surface area (Å²) in [5.74, 6) is -4.47. The molecule has 4 aliphatic heterocycles. The van der Waals surface area contributed by atoms with E-state index in [4.69, 9.17) is 10.6 Å². The van der Waals surface area contributed by atoms with Gasteiger partial charge >= 0.3 is 5.97 Å². The first-order chi connectivity index (χ1) is 27.1. The molecule has 0 radical (unpaired) electrons. The number of thioether (sulfide) groups is 2. The van der Waals surface area contributed by atoms with Crippen molar-refractivity contribution in [2.45, 2.75) is 29.8 Å². The number of hydrazine groups is 2. The summed E-state index contributed by atoms with van der Waals surface area (Å²) in [6, 6.07) is 6.06. The van der Waals surface area contributed by atoms with Crippen LogP contribution in [0.4, 0.5) is 5.13 Å². The molecule has 298 valence electrons. The fourth-order valence-corrected chi connectivity index (χ4v) is 10.1. The van der Waals surface area contributed by atoms with Gasteiger partial charge in [-0.2, -0.15) is 0 Å². The van der Waals surface area contributed by atoms with E-state index < -0.39 is 56.4 Å². The lowest BCUT2D eigenvalue weighted by Gasteiger charge is -2.49. The molecule has 1 aromatic heterocycles. The minimum absolute atomic E-state index is 0.0686. The number of carboxylic acids is 1. The number of aliphatic imine (C=N–C) groups is 1. The smallest absolute Gasteiger partial charge is 0.352 e. The number of nitrogens with zero attached hydrogens (tertiary/aromatic N) is 6. The SMILES string of the molecule is CC1=NC2=CN(CS(=O)(=O)c3ccc(O)c(O)c3)NN2C(SCC2=C(C(=O)O)N3C(=O)[C@@H](NC(=O)/C(=N\OCc4ccc(O)c(O)c4)c4csc(N)n4)[C@H]3SC2)=C1. The van der Waals surface area contributed by atoms with Gasteiger partial charge in [-0.15, -0.1) is 40.4 Å². The largest absolute Gasteiger partial charge is 0.504 e. The lowest BCUT2D eigenvalue weighted by Crippen LogP contribution is -2.71. The maximum Gasteiger partial charge on any atom is 0.352 e. The monoisotopic (exact) mass is 857 g/mol. The van der Waals surface area contributed by atoms with Crippen LogP contribution in [0.1, 0.15) is 18.2 Å². The van der Waals surface area contributed by atoms with Gasteiger partial charge < -0.3 is 41.4 Å². The number of hydrogen-bond acceptors (Lipinski definition) is 20. The molecule has 0 unspecified atom stereocenters. The Labute approximate surface area is 335 Å². The average Bonchev–Trinajstić information content (AvgIpc) is 3.77. The molecule has 9 N–H and O–H groups in total. The number of hydrogen-bond donors (Lipinski definition) is 8. The van der Waals surface area contributed by atoms with Crippen LogP contribution in [0.5, 0.6) is 23.0 Å². The molecule has 1 fully saturated rings. The highest BCUT2D eigenvalue weighted by Gasteiger charge is 2.54. The van der Waals surface area contributed by atoms with E-state index in [0.29, 0.717) is 27.7 Å². The summed E-state index contributed by atoms with van der Waals surface area (Å²) < 4.78 is 26.2. The molecule has 2 aromatic carbocycles. The summed E-state index contributed by atoms with van der Waals surface area (Å²) in [5, 5.41) is 59.7. The highest BCUT2D eigenvalue weighted by atomic mass is 32.2. The Morgan fingerprint density at radius 3 is 2.54 bits per heavy atom. The number of carbonyl (C=O) groups is 3. The van der Waals surface area contributed by atoms with Crippen molar-refractivity contribution in [3.8, 4) is 23.0 Å². The number of aliphatic carboxylic acids is 1. The molecule has 2 atom stereocenters. The Hall–Kier alpha value is -5.95. The zero-order chi connectivity index (χ0) is 40.8. The molecule has 2 amide bonds. The van der Waals surface area contributed by atoms with Gasteiger partial charge in [0.15, 0.2) is 49.5 Å². The summed E-state index contributed by atoms with van der Waals surface area (Å²) in [5.41, 5.74) is 9.70. The van der Waals surface area contributed by atoms with Crippen LogP contribution in [-0.4, -0.2) is 112 Å². The number of thiazole rings is 1. The maximum atomic E-state index is 13.5. The number of oxime groups is 1. The lowest BCUT2D eigenvalue weighted by atomic mass is 10.0. The second-order valence-corrected chi connectivity index (χ2v) is 17.5. The standard InChI is InChI=1S/C33H31N9O11S4/c1-15-6-25(42-24(35-15)9-40(39-42)14-57(51,52)18-3-5-21(44)23(46)8-18)54-11-17-12-55-31-27(30(48)41(31)28(17)32(49)50)37-29(47)26(19-13-56-33(34)36-19)38-53-10-16-2-4-20(43)22(45)7-16/h2-9,13,27,31,39,43-46H,10-12,14H2,1H3,(H2,34,36)(H,37,47)(H,49,50)/b38-26-/t27-,31-/m1/s1. The van der Waals surface area contributed by atoms with Crippen LogP contribution in [0, 0.1) is 0 Å². The molecule has 7 rings (SSSR count). The van der Waals surface area contributed by atoms with E-state index in [9.17, 15) is 48.3 Å². The Bertz CT molecular complexity index is 2470. The van der Waals surface area contributed by atoms with Crippen molar-refractivity contribution in [3.05, 3.63) is 87.4 Å². The predicted octanol–water partition coefficient (Wildman–Crippen LogP) is 1.52. The fourth-order valence-electron chi connectivity index (χ4n) is 5.83. The number of sulfone groups is 1. The van der Waals surface area contributed by atoms with Gasteiger partial charge in [-0.3, -0.25) is 19.5 Å². The summed E-state index contributed by atoms with van der Waals surface area (Å²) in [4.78, 5) is 54.5. The molecule has 0 bridgehead atoms. The van der Waals surface area contributed by atoms with Gasteiger partial charge in [0.1, 0.15) is 35.3 Å². The average molecular weight is 858 g/mol. The molecule has 0 saturated carbocycles. The normalized spacial score (nSPS) is 19.3. The Kier molecular flexibility index (Phi) is 10.7. The van der Waals surface area contributed by atoms with E-state index in [1.54, 1.807) is 13.0 Å². The van der Waals surface area contributed by atoms with E-state index in [2.05, 4.69) is 26.0 Å². The fraction of sp³-hybridized carbons (Fsp3) is 0.212. The van der Waals surface area contributed by atoms with E-state index >= 15 is 0 Å². The number of nitrogens with one attached hydrogen (secondary N) is 2. The summed E-state index contributed by atoms with van der Waals surface area (Å²) in [6.07, 6.45) is 3.19. The third-order valence-electron chi connectivity index (χ3n) is 8.52. The van der Waals surface area contributed by atoms with Crippen molar-refractivity contribution in [1.82, 2.24) is 30.8 Å². The molecule has 1 saturated heterocycles. The van der Waals surface area contributed by atoms with Crippen LogP contribution in [0.3, 0.4) is 0 Å². The quantitative estimate of drug-likeness (QED) is 0.0523. The van der Waals surface area contributed by atoms with Crippen LogP contribution >= 0.6 is 34.9 Å². The molecule has 4 aliphatic rings. The Morgan fingerprint density at radius 1 is 1.12 bits per heavy atom. The van der Waals surface area contributed by atoms with Crippen molar-refractivity contribution in [3.63, 3.8) is 0 Å². The number of rotatable bonds is 13. The summed E-state index contributed by atoms with van der Waals surface area (Å²) in [6.45, 7) is 1.54. The highest BCUT2D eigenvalue weighted by molar-refractivity contribution is 8.03. The van der Waals surface area contributed by atoms with Gasteiger partial charge in [-0.1, -0.05) is 11.2 Å². The number of anilines is 1. The van der Waals surface area contributed by atoms with Gasteiger partial charge in [0.25, 0.3) is 11.8 Å². The van der Waals surface area contributed by atoms with E-state index in [1.807, 2.05) is 0 Å². The number of nitrogen functional groups attached to an aromatic ring is 1. The zero-order valence-electron chi connectivity index (χ0n) is 29.3. The van der Waals surface area contributed by atoms with Crippen LogP contribution < -0.4 is 16.6 Å². The van der Waals surface area contributed by atoms with Gasteiger partial charge in [-0.25, -0.2) is 28.2 Å². The number of aromatic hydroxyl groups is 4. The third-order valence-corrected chi connectivity index (χ3v) is 13.2. The predicted molar refractivity (Wildman–Crippen MR) is 208 cm³/mol. The lowest BCUT2D eigenvalue weighted by molar-refractivity contribution is -0.150. The molecular weight excluding hydrogens is 827 g/mol.